The summed E-state index contributed by atoms with van der Waals surface area (Å²) in [4.78, 5) is 11.5. The third-order valence-corrected chi connectivity index (χ3v) is 2.47. The molecule has 0 heterocycles. The maximum atomic E-state index is 11.5. The van der Waals surface area contributed by atoms with Gasteiger partial charge in [0, 0.05) is 11.6 Å². The Hall–Kier alpha value is -1.75. The second-order valence-corrected chi connectivity index (χ2v) is 5.36. The van der Waals surface area contributed by atoms with Crippen molar-refractivity contribution in [3.63, 3.8) is 0 Å². The van der Waals surface area contributed by atoms with Crippen LogP contribution in [-0.4, -0.2) is 23.1 Å². The second kappa shape index (κ2) is 6.43. The molecule has 0 saturated carbocycles. The molecule has 0 atom stereocenters. The smallest absolute Gasteiger partial charge is 0.407 e. The first-order valence-corrected chi connectivity index (χ1v) is 6.12. The van der Waals surface area contributed by atoms with Gasteiger partial charge in [0.15, 0.2) is 0 Å². The summed E-state index contributed by atoms with van der Waals surface area (Å²) in [6, 6.07) is 5.10. The summed E-state index contributed by atoms with van der Waals surface area (Å²) < 4.78 is 5.12. The molecule has 0 bridgehead atoms. The van der Waals surface area contributed by atoms with E-state index in [1.807, 2.05) is 0 Å². The van der Waals surface area contributed by atoms with Crippen molar-refractivity contribution in [2.45, 2.75) is 32.9 Å². The number of rotatable bonds is 3. The van der Waals surface area contributed by atoms with Crippen molar-refractivity contribution in [1.29, 1.82) is 0 Å². The maximum Gasteiger partial charge on any atom is 0.407 e. The van der Waals surface area contributed by atoms with Crippen molar-refractivity contribution in [3.8, 4) is 0 Å². The Morgan fingerprint density at radius 3 is 2.79 bits per heavy atom. The van der Waals surface area contributed by atoms with Crippen LogP contribution in [0.5, 0.6) is 0 Å². The molecule has 104 valence electrons. The summed E-state index contributed by atoms with van der Waals surface area (Å²) in [5.74, 6) is 0. The molecule has 1 aromatic carbocycles. The molecule has 0 aliphatic carbocycles. The molecule has 0 aliphatic rings. The van der Waals surface area contributed by atoms with Crippen molar-refractivity contribution < 1.29 is 14.7 Å². The first-order chi connectivity index (χ1) is 8.81. The molecule has 19 heavy (non-hydrogen) atoms. The van der Waals surface area contributed by atoms with Gasteiger partial charge in [0.1, 0.15) is 5.60 Å². The summed E-state index contributed by atoms with van der Waals surface area (Å²) in [6.45, 7) is 5.61. The minimum Gasteiger partial charge on any atom is -0.444 e. The Labute approximate surface area is 117 Å². The number of alkyl carbamates (subject to hydrolysis) is 1. The highest BCUT2D eigenvalue weighted by Gasteiger charge is 2.16. The SMILES string of the molecule is CC(C)(C)OC(=O)NCc1cc(C=NO)ccc1Cl. The Morgan fingerprint density at radius 1 is 1.53 bits per heavy atom. The number of hydrogen-bond donors (Lipinski definition) is 2. The summed E-state index contributed by atoms with van der Waals surface area (Å²) in [7, 11) is 0. The van der Waals surface area contributed by atoms with E-state index >= 15 is 0 Å². The van der Waals surface area contributed by atoms with Crippen LogP contribution < -0.4 is 5.32 Å². The van der Waals surface area contributed by atoms with Gasteiger partial charge in [0.2, 0.25) is 0 Å². The predicted octanol–water partition coefficient (Wildman–Crippen LogP) is 3.17. The van der Waals surface area contributed by atoms with Crippen LogP contribution in [0.2, 0.25) is 5.02 Å². The Kier molecular flexibility index (Phi) is 5.18. The Balaban J connectivity index is 2.67. The van der Waals surface area contributed by atoms with Gasteiger partial charge in [-0.1, -0.05) is 22.8 Å². The van der Waals surface area contributed by atoms with Crippen molar-refractivity contribution in [3.05, 3.63) is 34.3 Å². The van der Waals surface area contributed by atoms with Crippen molar-refractivity contribution in [1.82, 2.24) is 5.32 Å². The quantitative estimate of drug-likeness (QED) is 0.509. The topological polar surface area (TPSA) is 70.9 Å². The van der Waals surface area contributed by atoms with E-state index in [2.05, 4.69) is 10.5 Å². The number of nitrogens with zero attached hydrogens (tertiary/aromatic N) is 1. The van der Waals surface area contributed by atoms with Gasteiger partial charge in [-0.25, -0.2) is 4.79 Å². The molecule has 6 heteroatoms. The molecule has 0 unspecified atom stereocenters. The van der Waals surface area contributed by atoms with E-state index < -0.39 is 11.7 Å². The van der Waals surface area contributed by atoms with Gasteiger partial charge in [0.05, 0.1) is 6.21 Å². The number of nitrogens with one attached hydrogen (secondary N) is 1. The lowest BCUT2D eigenvalue weighted by Crippen LogP contribution is -2.32. The fourth-order valence-electron chi connectivity index (χ4n) is 1.36. The molecule has 0 aliphatic heterocycles. The number of carbonyl (C=O) groups is 1. The normalized spacial score (nSPS) is 11.6. The average Bonchev–Trinajstić information content (AvgIpc) is 2.28. The summed E-state index contributed by atoms with van der Waals surface area (Å²) >= 11 is 6.01. The van der Waals surface area contributed by atoms with E-state index in [1.165, 1.54) is 6.21 Å². The molecule has 0 spiro atoms. The summed E-state index contributed by atoms with van der Waals surface area (Å²) in [5.41, 5.74) is 0.858. The molecule has 5 nitrogen and oxygen atoms in total. The van der Waals surface area contributed by atoms with Crippen molar-refractivity contribution in [2.75, 3.05) is 0 Å². The molecule has 0 aromatic heterocycles. The van der Waals surface area contributed by atoms with Gasteiger partial charge in [-0.15, -0.1) is 0 Å². The Morgan fingerprint density at radius 2 is 2.21 bits per heavy atom. The van der Waals surface area contributed by atoms with Crippen LogP contribution in [0.15, 0.2) is 23.4 Å². The number of halogens is 1. The number of ether oxygens (including phenoxy) is 1. The zero-order valence-corrected chi connectivity index (χ0v) is 11.9. The molecule has 1 rings (SSSR count). The van der Waals surface area contributed by atoms with Gasteiger partial charge in [-0.3, -0.25) is 0 Å². The van der Waals surface area contributed by atoms with Crippen LogP contribution in [0.3, 0.4) is 0 Å². The van der Waals surface area contributed by atoms with Gasteiger partial charge in [0.25, 0.3) is 0 Å². The van der Waals surface area contributed by atoms with Crippen LogP contribution >= 0.6 is 11.6 Å². The minimum absolute atomic E-state index is 0.237. The first kappa shape index (κ1) is 15.3. The predicted molar refractivity (Wildman–Crippen MR) is 73.9 cm³/mol. The number of oxime groups is 1. The number of benzene rings is 1. The van der Waals surface area contributed by atoms with Crippen LogP contribution in [0.1, 0.15) is 31.9 Å². The van der Waals surface area contributed by atoms with E-state index in [4.69, 9.17) is 21.5 Å². The maximum absolute atomic E-state index is 11.5. The summed E-state index contributed by atoms with van der Waals surface area (Å²) in [6.07, 6.45) is 0.776. The molecule has 0 saturated heterocycles. The van der Waals surface area contributed by atoms with Gasteiger partial charge >= 0.3 is 6.09 Å². The van der Waals surface area contributed by atoms with Crippen LogP contribution in [0.25, 0.3) is 0 Å². The fraction of sp³-hybridized carbons (Fsp3) is 0.385. The number of carbonyl (C=O) groups excluding carboxylic acids is 1. The van der Waals surface area contributed by atoms with Crippen LogP contribution in [0, 0.1) is 0 Å². The standard InChI is InChI=1S/C13H17ClN2O3/c1-13(2,3)19-12(17)15-8-10-6-9(7-16-18)4-5-11(10)14/h4-7,18H,8H2,1-3H3,(H,15,17). The van der Waals surface area contributed by atoms with Crippen LogP contribution in [-0.2, 0) is 11.3 Å². The van der Waals surface area contributed by atoms with Crippen molar-refractivity contribution in [2.24, 2.45) is 5.16 Å². The third-order valence-electron chi connectivity index (χ3n) is 2.10. The molecule has 0 fully saturated rings. The van der Waals surface area contributed by atoms with Gasteiger partial charge in [-0.05, 0) is 44.0 Å². The van der Waals surface area contributed by atoms with Crippen LogP contribution in [0.4, 0.5) is 4.79 Å². The number of amides is 1. The van der Waals surface area contributed by atoms with E-state index in [9.17, 15) is 4.79 Å². The monoisotopic (exact) mass is 284 g/mol. The average molecular weight is 285 g/mol. The second-order valence-electron chi connectivity index (χ2n) is 4.95. The summed E-state index contributed by atoms with van der Waals surface area (Å²) in [5, 5.41) is 14.5. The zero-order valence-electron chi connectivity index (χ0n) is 11.1. The Bertz CT molecular complexity index is 481. The fourth-order valence-corrected chi connectivity index (χ4v) is 1.54. The molecular formula is C13H17ClN2O3. The highest BCUT2D eigenvalue weighted by molar-refractivity contribution is 6.31. The first-order valence-electron chi connectivity index (χ1n) is 5.74. The highest BCUT2D eigenvalue weighted by atomic mass is 35.5. The van der Waals surface area contributed by atoms with E-state index in [0.717, 1.165) is 0 Å². The zero-order chi connectivity index (χ0) is 14.5. The highest BCUT2D eigenvalue weighted by Crippen LogP contribution is 2.17. The molecule has 1 amide bonds. The molecule has 0 radical (unpaired) electrons. The minimum atomic E-state index is -0.542. The molecule has 1 aromatic rings. The molecular weight excluding hydrogens is 268 g/mol. The number of hydrogen-bond acceptors (Lipinski definition) is 4. The largest absolute Gasteiger partial charge is 0.444 e. The van der Waals surface area contributed by atoms with E-state index in [1.54, 1.807) is 39.0 Å². The van der Waals surface area contributed by atoms with E-state index in [0.29, 0.717) is 16.1 Å². The van der Waals surface area contributed by atoms with E-state index in [-0.39, 0.29) is 6.54 Å². The third kappa shape index (κ3) is 5.61. The lowest BCUT2D eigenvalue weighted by Gasteiger charge is -2.19. The lowest BCUT2D eigenvalue weighted by molar-refractivity contribution is 0.0523. The lowest BCUT2D eigenvalue weighted by atomic mass is 10.1. The van der Waals surface area contributed by atoms with Crippen molar-refractivity contribution >= 4 is 23.9 Å². The van der Waals surface area contributed by atoms with Gasteiger partial charge in [-0.2, -0.15) is 0 Å². The van der Waals surface area contributed by atoms with Gasteiger partial charge < -0.3 is 15.3 Å². The molecule has 2 N–H and O–H groups in total.